The van der Waals surface area contributed by atoms with E-state index in [4.69, 9.17) is 8.83 Å². The first-order valence-corrected chi connectivity index (χ1v) is 10.8. The van der Waals surface area contributed by atoms with Gasteiger partial charge in [-0.15, -0.1) is 20.4 Å². The molecular weight excluding hydrogens is 414 g/mol. The molecule has 6 nitrogen and oxygen atoms in total. The van der Waals surface area contributed by atoms with Crippen molar-refractivity contribution in [3.63, 3.8) is 0 Å². The lowest BCUT2D eigenvalue weighted by Gasteiger charge is -2.00. The summed E-state index contributed by atoms with van der Waals surface area (Å²) in [6.07, 6.45) is 7.87. The molecule has 0 saturated carbocycles. The highest BCUT2D eigenvalue weighted by Crippen LogP contribution is 2.20. The summed E-state index contributed by atoms with van der Waals surface area (Å²) < 4.78 is 37.3. The van der Waals surface area contributed by atoms with Gasteiger partial charge in [0.15, 0.2) is 0 Å². The highest BCUT2D eigenvalue weighted by molar-refractivity contribution is 5.52. The Kier molecular flexibility index (Phi) is 7.32. The van der Waals surface area contributed by atoms with Crippen molar-refractivity contribution in [3.05, 3.63) is 71.9 Å². The number of nitrogens with zero attached hydrogens (tertiary/aromatic N) is 4. The molecule has 0 fully saturated rings. The Morgan fingerprint density at radius 3 is 1.28 bits per heavy atom. The summed E-state index contributed by atoms with van der Waals surface area (Å²) in [5.74, 6) is 1.48. The van der Waals surface area contributed by atoms with E-state index in [0.717, 1.165) is 62.5 Å². The van der Waals surface area contributed by atoms with Crippen molar-refractivity contribution in [3.8, 4) is 22.9 Å². The van der Waals surface area contributed by atoms with E-state index in [1.165, 1.54) is 24.3 Å². The van der Waals surface area contributed by atoms with E-state index in [-0.39, 0.29) is 11.6 Å². The van der Waals surface area contributed by atoms with E-state index >= 15 is 0 Å². The van der Waals surface area contributed by atoms with E-state index in [2.05, 4.69) is 20.4 Å². The molecular formula is C24H24F2N4O2. The summed E-state index contributed by atoms with van der Waals surface area (Å²) in [5, 5.41) is 16.2. The Balaban J connectivity index is 1.09. The van der Waals surface area contributed by atoms with Gasteiger partial charge in [0.05, 0.1) is 0 Å². The van der Waals surface area contributed by atoms with Gasteiger partial charge in [-0.05, 0) is 61.4 Å². The van der Waals surface area contributed by atoms with Crippen LogP contribution in [0.25, 0.3) is 22.9 Å². The zero-order chi connectivity index (χ0) is 22.2. The zero-order valence-corrected chi connectivity index (χ0v) is 17.6. The van der Waals surface area contributed by atoms with Crippen LogP contribution in [-0.4, -0.2) is 20.4 Å². The molecule has 2 aromatic heterocycles. The van der Waals surface area contributed by atoms with E-state index in [9.17, 15) is 8.78 Å². The summed E-state index contributed by atoms with van der Waals surface area (Å²) in [5.41, 5.74) is 1.44. The number of benzene rings is 2. The van der Waals surface area contributed by atoms with Crippen molar-refractivity contribution >= 4 is 0 Å². The second-order valence-corrected chi connectivity index (χ2v) is 7.64. The van der Waals surface area contributed by atoms with Gasteiger partial charge in [0.2, 0.25) is 23.6 Å². The first-order chi connectivity index (χ1) is 15.7. The van der Waals surface area contributed by atoms with E-state index in [0.29, 0.717) is 23.6 Å². The molecule has 8 heteroatoms. The van der Waals surface area contributed by atoms with Gasteiger partial charge < -0.3 is 8.83 Å². The number of hydrogen-bond donors (Lipinski definition) is 0. The molecule has 0 spiro atoms. The fraction of sp³-hybridized carbons (Fsp3) is 0.333. The Labute approximate surface area is 184 Å². The first kappa shape index (κ1) is 21.8. The molecule has 0 saturated heterocycles. The Morgan fingerprint density at radius 2 is 0.875 bits per heavy atom. The van der Waals surface area contributed by atoms with Gasteiger partial charge in [-0.2, -0.15) is 0 Å². The van der Waals surface area contributed by atoms with Crippen LogP contribution >= 0.6 is 0 Å². The fourth-order valence-electron chi connectivity index (χ4n) is 3.39. The van der Waals surface area contributed by atoms with E-state index in [1.54, 1.807) is 24.3 Å². The molecule has 0 bridgehead atoms. The second-order valence-electron chi connectivity index (χ2n) is 7.64. The molecule has 32 heavy (non-hydrogen) atoms. The maximum absolute atomic E-state index is 13.0. The molecule has 4 rings (SSSR count). The number of aromatic nitrogens is 4. The monoisotopic (exact) mass is 438 g/mol. The predicted octanol–water partition coefficient (Wildman–Crippen LogP) is 6.19. The van der Waals surface area contributed by atoms with Crippen LogP contribution in [0.5, 0.6) is 0 Å². The van der Waals surface area contributed by atoms with Crippen molar-refractivity contribution in [1.29, 1.82) is 0 Å². The van der Waals surface area contributed by atoms with Crippen LogP contribution < -0.4 is 0 Å². The summed E-state index contributed by atoms with van der Waals surface area (Å²) >= 11 is 0. The molecule has 0 amide bonds. The number of rotatable bonds is 11. The highest BCUT2D eigenvalue weighted by atomic mass is 19.1. The van der Waals surface area contributed by atoms with Crippen LogP contribution in [0.15, 0.2) is 57.4 Å². The summed E-state index contributed by atoms with van der Waals surface area (Å²) in [6.45, 7) is 0. The van der Waals surface area contributed by atoms with E-state index < -0.39 is 0 Å². The fourth-order valence-corrected chi connectivity index (χ4v) is 3.39. The van der Waals surface area contributed by atoms with Crippen molar-refractivity contribution in [2.24, 2.45) is 0 Å². The number of aryl methyl sites for hydroxylation is 2. The lowest BCUT2D eigenvalue weighted by molar-refractivity contribution is 0.477. The van der Waals surface area contributed by atoms with Gasteiger partial charge in [0.25, 0.3) is 0 Å². The SMILES string of the molecule is Fc1ccc(-c2nnc(CCCCCCCCc3nnc(-c4ccc(F)cc4)o3)o2)cc1. The second kappa shape index (κ2) is 10.7. The summed E-state index contributed by atoms with van der Waals surface area (Å²) in [7, 11) is 0. The van der Waals surface area contributed by atoms with Crippen LogP contribution in [0, 0.1) is 11.6 Å². The number of hydrogen-bond acceptors (Lipinski definition) is 6. The van der Waals surface area contributed by atoms with Crippen LogP contribution in [0.3, 0.4) is 0 Å². The van der Waals surface area contributed by atoms with Gasteiger partial charge in [-0.1, -0.05) is 25.7 Å². The van der Waals surface area contributed by atoms with Crippen LogP contribution in [0.4, 0.5) is 8.78 Å². The van der Waals surface area contributed by atoms with Crippen molar-refractivity contribution in [2.75, 3.05) is 0 Å². The van der Waals surface area contributed by atoms with Gasteiger partial charge in [0.1, 0.15) is 11.6 Å². The quantitative estimate of drug-likeness (QED) is 0.260. The lowest BCUT2D eigenvalue weighted by Crippen LogP contribution is -1.88. The standard InChI is InChI=1S/C24H24F2N4O2/c25-19-13-9-17(10-14-19)23-29-27-21(31-23)7-5-3-1-2-4-6-8-22-28-30-24(32-22)18-11-15-20(26)16-12-18/h9-16H,1-8H2. The summed E-state index contributed by atoms with van der Waals surface area (Å²) in [4.78, 5) is 0. The zero-order valence-electron chi connectivity index (χ0n) is 17.6. The minimum Gasteiger partial charge on any atom is -0.421 e. The topological polar surface area (TPSA) is 77.8 Å². The third-order valence-electron chi connectivity index (χ3n) is 5.15. The van der Waals surface area contributed by atoms with Crippen molar-refractivity contribution in [2.45, 2.75) is 51.4 Å². The molecule has 0 atom stereocenters. The van der Waals surface area contributed by atoms with Gasteiger partial charge in [-0.3, -0.25) is 0 Å². The largest absolute Gasteiger partial charge is 0.421 e. The molecule has 0 aliphatic heterocycles. The van der Waals surface area contributed by atoms with Crippen LogP contribution in [-0.2, 0) is 12.8 Å². The van der Waals surface area contributed by atoms with E-state index in [1.807, 2.05) is 0 Å². The normalized spacial score (nSPS) is 11.2. The molecule has 0 unspecified atom stereocenters. The van der Waals surface area contributed by atoms with Gasteiger partial charge in [-0.25, -0.2) is 8.78 Å². The molecule has 0 aliphatic carbocycles. The smallest absolute Gasteiger partial charge is 0.247 e. The molecule has 0 N–H and O–H groups in total. The first-order valence-electron chi connectivity index (χ1n) is 10.8. The maximum atomic E-state index is 13.0. The minimum atomic E-state index is -0.291. The average molecular weight is 438 g/mol. The number of unbranched alkanes of at least 4 members (excludes halogenated alkanes) is 5. The number of halogens is 2. The maximum Gasteiger partial charge on any atom is 0.247 e. The Morgan fingerprint density at radius 1 is 0.500 bits per heavy atom. The van der Waals surface area contributed by atoms with Gasteiger partial charge in [0, 0.05) is 24.0 Å². The molecule has 4 aromatic rings. The summed E-state index contributed by atoms with van der Waals surface area (Å²) in [6, 6.07) is 12.0. The predicted molar refractivity (Wildman–Crippen MR) is 114 cm³/mol. The van der Waals surface area contributed by atoms with Crippen LogP contribution in [0.2, 0.25) is 0 Å². The Hall–Kier alpha value is -3.42. The third kappa shape index (κ3) is 6.06. The highest BCUT2D eigenvalue weighted by Gasteiger charge is 2.10. The lowest BCUT2D eigenvalue weighted by atomic mass is 10.1. The van der Waals surface area contributed by atoms with Crippen LogP contribution in [0.1, 0.15) is 50.3 Å². The third-order valence-corrected chi connectivity index (χ3v) is 5.15. The minimum absolute atomic E-state index is 0.291. The molecule has 166 valence electrons. The molecule has 0 radical (unpaired) electrons. The molecule has 2 aromatic carbocycles. The average Bonchev–Trinajstić information content (AvgIpc) is 3.47. The van der Waals surface area contributed by atoms with Crippen molar-refractivity contribution in [1.82, 2.24) is 20.4 Å². The van der Waals surface area contributed by atoms with Gasteiger partial charge >= 0.3 is 0 Å². The Bertz CT molecular complexity index is 1020. The molecule has 2 heterocycles. The van der Waals surface area contributed by atoms with Crippen molar-refractivity contribution < 1.29 is 17.6 Å². The molecule has 0 aliphatic rings.